The van der Waals surface area contributed by atoms with E-state index in [4.69, 9.17) is 23.2 Å². The molecule has 1 aliphatic heterocycles. The van der Waals surface area contributed by atoms with Crippen molar-refractivity contribution in [1.82, 2.24) is 9.97 Å². The molecule has 0 saturated carbocycles. The van der Waals surface area contributed by atoms with Crippen LogP contribution in [-0.4, -0.2) is 28.3 Å². The molecule has 0 bridgehead atoms. The number of carbonyl (C=O) groups is 1. The molecule has 1 aliphatic rings. The maximum Gasteiger partial charge on any atom is 0.232 e. The highest BCUT2D eigenvalue weighted by Gasteiger charge is 2.31. The number of rotatable bonds is 2. The van der Waals surface area contributed by atoms with Crippen molar-refractivity contribution in [1.29, 1.82) is 0 Å². The fourth-order valence-electron chi connectivity index (χ4n) is 1.52. The Morgan fingerprint density at radius 2 is 2.13 bits per heavy atom. The van der Waals surface area contributed by atoms with Gasteiger partial charge >= 0.3 is 0 Å². The Balaban J connectivity index is 2.18. The molecule has 0 radical (unpaired) electrons. The van der Waals surface area contributed by atoms with Gasteiger partial charge in [-0.15, -0.1) is 11.6 Å². The van der Waals surface area contributed by atoms with Gasteiger partial charge in [0.2, 0.25) is 11.9 Å². The summed E-state index contributed by atoms with van der Waals surface area (Å²) >= 11 is 11.4. The van der Waals surface area contributed by atoms with Gasteiger partial charge in [0.15, 0.2) is 0 Å². The van der Waals surface area contributed by atoms with Crippen LogP contribution in [0.5, 0.6) is 0 Å². The molecule has 1 aromatic heterocycles. The first-order valence-corrected chi connectivity index (χ1v) is 5.46. The van der Waals surface area contributed by atoms with Gasteiger partial charge < -0.3 is 0 Å². The van der Waals surface area contributed by atoms with Gasteiger partial charge in [-0.25, -0.2) is 9.97 Å². The number of halogens is 2. The second-order valence-corrected chi connectivity index (χ2v) is 4.18. The predicted molar refractivity (Wildman–Crippen MR) is 58.2 cm³/mol. The average Bonchev–Trinajstić information content (AvgIpc) is 2.61. The smallest absolute Gasteiger partial charge is 0.232 e. The van der Waals surface area contributed by atoms with Crippen molar-refractivity contribution in [2.75, 3.05) is 17.3 Å². The van der Waals surface area contributed by atoms with Crippen LogP contribution in [0.15, 0.2) is 12.4 Å². The first-order valence-electron chi connectivity index (χ1n) is 4.54. The van der Waals surface area contributed by atoms with Gasteiger partial charge in [-0.3, -0.25) is 9.69 Å². The van der Waals surface area contributed by atoms with Gasteiger partial charge in [-0.2, -0.15) is 0 Å². The summed E-state index contributed by atoms with van der Waals surface area (Å²) in [5.41, 5.74) is 0. The van der Waals surface area contributed by atoms with Crippen molar-refractivity contribution >= 4 is 35.1 Å². The molecule has 0 N–H and O–H groups in total. The Bertz CT molecular complexity index is 368. The molecule has 1 fully saturated rings. The number of amides is 1. The van der Waals surface area contributed by atoms with Crippen LogP contribution < -0.4 is 4.90 Å². The number of alkyl halides is 1. The van der Waals surface area contributed by atoms with Crippen molar-refractivity contribution in [3.8, 4) is 0 Å². The van der Waals surface area contributed by atoms with Gasteiger partial charge in [0.1, 0.15) is 0 Å². The van der Waals surface area contributed by atoms with Crippen molar-refractivity contribution in [3.05, 3.63) is 17.4 Å². The fourth-order valence-corrected chi connectivity index (χ4v) is 1.83. The lowest BCUT2D eigenvalue weighted by molar-refractivity contribution is -0.117. The lowest BCUT2D eigenvalue weighted by Crippen LogP contribution is -2.26. The normalized spacial score (nSPS) is 21.1. The zero-order valence-corrected chi connectivity index (χ0v) is 9.37. The molecular formula is C9H9Cl2N3O. The summed E-state index contributed by atoms with van der Waals surface area (Å²) in [4.78, 5) is 21.1. The maximum atomic E-state index is 11.6. The number of carbonyl (C=O) groups excluding carboxylic acids is 1. The molecule has 2 rings (SSSR count). The minimum atomic E-state index is 0.0166. The fraction of sp³-hybridized carbons (Fsp3) is 0.444. The molecule has 80 valence electrons. The van der Waals surface area contributed by atoms with E-state index in [9.17, 15) is 4.79 Å². The quantitative estimate of drug-likeness (QED) is 0.746. The molecule has 2 heterocycles. The van der Waals surface area contributed by atoms with Crippen LogP contribution in [0.1, 0.15) is 6.42 Å². The summed E-state index contributed by atoms with van der Waals surface area (Å²) in [6.45, 7) is 0.587. The third-order valence-electron chi connectivity index (χ3n) is 2.27. The number of nitrogens with zero attached hydrogens (tertiary/aromatic N) is 3. The Morgan fingerprint density at radius 1 is 1.47 bits per heavy atom. The summed E-state index contributed by atoms with van der Waals surface area (Å²) in [6, 6.07) is 0. The van der Waals surface area contributed by atoms with Crippen LogP contribution in [0.2, 0.25) is 5.02 Å². The summed E-state index contributed by atoms with van der Waals surface area (Å²) in [7, 11) is 0. The average molecular weight is 246 g/mol. The Morgan fingerprint density at radius 3 is 2.67 bits per heavy atom. The third kappa shape index (κ3) is 2.21. The highest BCUT2D eigenvalue weighted by molar-refractivity contribution is 6.30. The van der Waals surface area contributed by atoms with E-state index >= 15 is 0 Å². The number of aromatic nitrogens is 2. The molecule has 1 amide bonds. The SMILES string of the molecule is O=C1CC(CCl)CN1c1ncc(Cl)cn1. The van der Waals surface area contributed by atoms with Gasteiger partial charge in [0, 0.05) is 18.8 Å². The lowest BCUT2D eigenvalue weighted by Gasteiger charge is -2.13. The van der Waals surface area contributed by atoms with Crippen LogP contribution in [0.3, 0.4) is 0 Å². The van der Waals surface area contributed by atoms with E-state index in [0.29, 0.717) is 29.8 Å². The van der Waals surface area contributed by atoms with E-state index in [-0.39, 0.29) is 11.8 Å². The van der Waals surface area contributed by atoms with Crippen molar-refractivity contribution in [2.45, 2.75) is 6.42 Å². The van der Waals surface area contributed by atoms with Crippen molar-refractivity contribution in [3.63, 3.8) is 0 Å². The van der Waals surface area contributed by atoms with E-state index in [2.05, 4.69) is 9.97 Å². The first kappa shape index (κ1) is 10.6. The minimum absolute atomic E-state index is 0.0166. The van der Waals surface area contributed by atoms with E-state index < -0.39 is 0 Å². The highest BCUT2D eigenvalue weighted by atomic mass is 35.5. The van der Waals surface area contributed by atoms with Crippen LogP contribution in [-0.2, 0) is 4.79 Å². The van der Waals surface area contributed by atoms with Gasteiger partial charge in [-0.05, 0) is 5.92 Å². The molecule has 1 aromatic rings. The highest BCUT2D eigenvalue weighted by Crippen LogP contribution is 2.22. The zero-order valence-electron chi connectivity index (χ0n) is 7.86. The zero-order chi connectivity index (χ0) is 10.8. The largest absolute Gasteiger partial charge is 0.280 e. The summed E-state index contributed by atoms with van der Waals surface area (Å²) < 4.78 is 0. The molecule has 6 heteroatoms. The van der Waals surface area contributed by atoms with Gasteiger partial charge in [0.05, 0.1) is 17.4 Å². The van der Waals surface area contributed by atoms with Gasteiger partial charge in [0.25, 0.3) is 0 Å². The number of anilines is 1. The molecule has 4 nitrogen and oxygen atoms in total. The van der Waals surface area contributed by atoms with Gasteiger partial charge in [-0.1, -0.05) is 11.6 Å². The minimum Gasteiger partial charge on any atom is -0.280 e. The topological polar surface area (TPSA) is 46.1 Å². The van der Waals surface area contributed by atoms with Crippen molar-refractivity contribution < 1.29 is 4.79 Å². The molecule has 1 atom stereocenters. The maximum absolute atomic E-state index is 11.6. The molecule has 0 aromatic carbocycles. The Labute approximate surface area is 97.2 Å². The van der Waals surface area contributed by atoms with Crippen LogP contribution in [0, 0.1) is 5.92 Å². The molecule has 15 heavy (non-hydrogen) atoms. The monoisotopic (exact) mass is 245 g/mol. The Hall–Kier alpha value is -0.870. The lowest BCUT2D eigenvalue weighted by atomic mass is 10.2. The molecular weight excluding hydrogens is 237 g/mol. The third-order valence-corrected chi connectivity index (χ3v) is 2.90. The standard InChI is InChI=1S/C9H9Cl2N3O/c10-2-6-1-8(15)14(5-6)9-12-3-7(11)4-13-9/h3-4,6H,1-2,5H2. The number of hydrogen-bond acceptors (Lipinski definition) is 3. The summed E-state index contributed by atoms with van der Waals surface area (Å²) in [6.07, 6.45) is 3.42. The molecule has 1 unspecified atom stereocenters. The van der Waals surface area contributed by atoms with E-state index in [0.717, 1.165) is 0 Å². The second-order valence-electron chi connectivity index (χ2n) is 3.43. The molecule has 0 spiro atoms. The van der Waals surface area contributed by atoms with Crippen molar-refractivity contribution in [2.24, 2.45) is 5.92 Å². The first-order chi connectivity index (χ1) is 7.20. The summed E-state index contributed by atoms with van der Waals surface area (Å²) in [5.74, 6) is 1.09. The predicted octanol–water partition coefficient (Wildman–Crippen LogP) is 1.72. The van der Waals surface area contributed by atoms with E-state index in [1.165, 1.54) is 12.4 Å². The van der Waals surface area contributed by atoms with Crippen LogP contribution in [0.25, 0.3) is 0 Å². The molecule has 1 saturated heterocycles. The second kappa shape index (κ2) is 4.33. The molecule has 0 aliphatic carbocycles. The summed E-state index contributed by atoms with van der Waals surface area (Å²) in [5, 5.41) is 0.458. The van der Waals surface area contributed by atoms with Crippen LogP contribution in [0.4, 0.5) is 5.95 Å². The number of hydrogen-bond donors (Lipinski definition) is 0. The Kier molecular flexibility index (Phi) is 3.07. The van der Waals surface area contributed by atoms with Crippen LogP contribution >= 0.6 is 23.2 Å². The van der Waals surface area contributed by atoms with E-state index in [1.807, 2.05) is 0 Å². The van der Waals surface area contributed by atoms with E-state index in [1.54, 1.807) is 4.90 Å².